The summed E-state index contributed by atoms with van der Waals surface area (Å²) in [6.45, 7) is 4.48. The predicted molar refractivity (Wildman–Crippen MR) is 102 cm³/mol. The lowest BCUT2D eigenvalue weighted by atomic mass is 10.1. The lowest BCUT2D eigenvalue weighted by Gasteiger charge is -2.13. The summed E-state index contributed by atoms with van der Waals surface area (Å²) in [6, 6.07) is 6.39. The highest BCUT2D eigenvalue weighted by Crippen LogP contribution is 2.31. The average Bonchev–Trinajstić information content (AvgIpc) is 3.00. The second-order valence-corrected chi connectivity index (χ2v) is 6.71. The van der Waals surface area contributed by atoms with Gasteiger partial charge in [-0.1, -0.05) is 6.07 Å². The molecule has 0 spiro atoms. The number of hydrogen-bond acceptors (Lipinski definition) is 5. The lowest BCUT2D eigenvalue weighted by molar-refractivity contribution is -0.137. The number of aromatic nitrogens is 3. The number of aryl methyl sites for hydroxylation is 2. The topological polar surface area (TPSA) is 74.1 Å². The number of ketones is 1. The number of halogens is 3. The van der Waals surface area contributed by atoms with Crippen LogP contribution in [0.5, 0.6) is 0 Å². The van der Waals surface area contributed by atoms with Gasteiger partial charge in [0.1, 0.15) is 0 Å². The van der Waals surface area contributed by atoms with Gasteiger partial charge < -0.3 is 9.30 Å². The predicted octanol–water partition coefficient (Wildman–Crippen LogP) is 4.25. The molecule has 0 unspecified atom stereocenters. The molecule has 0 aliphatic rings. The Morgan fingerprint density at radius 2 is 1.80 bits per heavy atom. The maximum absolute atomic E-state index is 13.0. The van der Waals surface area contributed by atoms with Crippen molar-refractivity contribution in [2.24, 2.45) is 0 Å². The molecule has 1 aromatic carbocycles. The monoisotopic (exact) mass is 417 g/mol. The molecule has 9 heteroatoms. The van der Waals surface area contributed by atoms with Crippen LogP contribution in [-0.2, 0) is 10.9 Å². The molecule has 3 rings (SSSR count). The molecule has 0 saturated heterocycles. The highest BCUT2D eigenvalue weighted by Gasteiger charge is 2.31. The summed E-state index contributed by atoms with van der Waals surface area (Å²) in [5.74, 6) is -1.27. The van der Waals surface area contributed by atoms with E-state index in [4.69, 9.17) is 4.74 Å². The number of esters is 1. The minimum Gasteiger partial charge on any atom is -0.453 e. The molecule has 0 radical (unpaired) electrons. The first-order valence-corrected chi connectivity index (χ1v) is 8.93. The van der Waals surface area contributed by atoms with Crippen LogP contribution in [0.3, 0.4) is 0 Å². The Bertz CT molecular complexity index is 1100. The summed E-state index contributed by atoms with van der Waals surface area (Å²) >= 11 is 0. The van der Waals surface area contributed by atoms with Gasteiger partial charge in [-0.3, -0.25) is 9.78 Å². The number of ether oxygens (including phenoxy) is 1. The molecule has 0 bridgehead atoms. The van der Waals surface area contributed by atoms with Gasteiger partial charge >= 0.3 is 12.1 Å². The molecule has 30 heavy (non-hydrogen) atoms. The second-order valence-electron chi connectivity index (χ2n) is 6.71. The van der Waals surface area contributed by atoms with E-state index in [2.05, 4.69) is 9.97 Å². The fourth-order valence-corrected chi connectivity index (χ4v) is 3.04. The third-order valence-electron chi connectivity index (χ3n) is 4.49. The molecule has 0 saturated carbocycles. The van der Waals surface area contributed by atoms with Crippen molar-refractivity contribution in [3.63, 3.8) is 0 Å². The number of carbonyl (C=O) groups excluding carboxylic acids is 2. The summed E-state index contributed by atoms with van der Waals surface area (Å²) in [5, 5.41) is 0. The largest absolute Gasteiger partial charge is 0.453 e. The number of hydrogen-bond donors (Lipinski definition) is 0. The third kappa shape index (κ3) is 4.40. The SMILES string of the molecule is Cc1cnc(C(=O)OCC(=O)c2cc(C)n(-c3cccc(C(F)(F)F)c3)c2C)cn1. The van der Waals surface area contributed by atoms with Gasteiger partial charge in [0.25, 0.3) is 0 Å². The van der Waals surface area contributed by atoms with Gasteiger partial charge in [0.2, 0.25) is 5.78 Å². The molecule has 3 aromatic rings. The molecule has 0 aliphatic heterocycles. The first-order valence-electron chi connectivity index (χ1n) is 8.93. The van der Waals surface area contributed by atoms with E-state index in [1.54, 1.807) is 31.4 Å². The maximum Gasteiger partial charge on any atom is 0.416 e. The zero-order chi connectivity index (χ0) is 22.1. The molecular weight excluding hydrogens is 399 g/mol. The zero-order valence-electron chi connectivity index (χ0n) is 16.4. The molecule has 156 valence electrons. The van der Waals surface area contributed by atoms with Crippen molar-refractivity contribution in [2.45, 2.75) is 26.9 Å². The summed E-state index contributed by atoms with van der Waals surface area (Å²) in [7, 11) is 0. The van der Waals surface area contributed by atoms with Gasteiger partial charge in [-0.2, -0.15) is 13.2 Å². The van der Waals surface area contributed by atoms with Gasteiger partial charge in [0.05, 0.1) is 17.5 Å². The molecule has 6 nitrogen and oxygen atoms in total. The lowest BCUT2D eigenvalue weighted by Crippen LogP contribution is -2.16. The van der Waals surface area contributed by atoms with Gasteiger partial charge in [-0.25, -0.2) is 9.78 Å². The molecule has 0 amide bonds. The highest BCUT2D eigenvalue weighted by molar-refractivity contribution is 6.00. The fraction of sp³-hybridized carbons (Fsp3) is 0.238. The molecule has 0 aliphatic carbocycles. The van der Waals surface area contributed by atoms with Crippen LogP contribution >= 0.6 is 0 Å². The Labute approximate surface area is 170 Å². The van der Waals surface area contributed by atoms with Crippen molar-refractivity contribution in [2.75, 3.05) is 6.61 Å². The molecule has 0 N–H and O–H groups in total. The molecule has 0 fully saturated rings. The van der Waals surface area contributed by atoms with E-state index in [1.165, 1.54) is 24.5 Å². The first kappa shape index (κ1) is 21.2. The number of carbonyl (C=O) groups is 2. The average molecular weight is 417 g/mol. The van der Waals surface area contributed by atoms with Gasteiger partial charge in [0, 0.05) is 28.8 Å². The van der Waals surface area contributed by atoms with E-state index in [9.17, 15) is 22.8 Å². The zero-order valence-corrected chi connectivity index (χ0v) is 16.4. The van der Waals surface area contributed by atoms with Crippen molar-refractivity contribution in [3.05, 3.63) is 76.6 Å². The Kier molecular flexibility index (Phi) is 5.73. The van der Waals surface area contributed by atoms with Crippen LogP contribution in [0.1, 0.15) is 43.5 Å². The Hall–Kier alpha value is -3.49. The summed E-state index contributed by atoms with van der Waals surface area (Å²) < 4.78 is 45.7. The standard InChI is InChI=1S/C21H18F3N3O3/c1-12-9-26-18(10-25-12)20(29)30-11-19(28)17-7-13(2)27(14(17)3)16-6-4-5-15(8-16)21(22,23)24/h4-10H,11H2,1-3H3. The fourth-order valence-electron chi connectivity index (χ4n) is 3.04. The van der Waals surface area contributed by atoms with E-state index in [0.29, 0.717) is 17.1 Å². The van der Waals surface area contributed by atoms with Crippen molar-refractivity contribution >= 4 is 11.8 Å². The number of Topliss-reactive ketones (excluding diaryl/α,β-unsaturated/α-hetero) is 1. The minimum atomic E-state index is -4.48. The molecule has 2 aromatic heterocycles. The highest BCUT2D eigenvalue weighted by atomic mass is 19.4. The van der Waals surface area contributed by atoms with E-state index in [-0.39, 0.29) is 16.9 Å². The van der Waals surface area contributed by atoms with E-state index in [0.717, 1.165) is 12.1 Å². The van der Waals surface area contributed by atoms with Crippen molar-refractivity contribution in [1.29, 1.82) is 0 Å². The second kappa shape index (κ2) is 8.10. The Morgan fingerprint density at radius 3 is 2.43 bits per heavy atom. The van der Waals surface area contributed by atoms with Crippen LogP contribution in [0.4, 0.5) is 13.2 Å². The third-order valence-corrected chi connectivity index (χ3v) is 4.49. The van der Waals surface area contributed by atoms with Crippen molar-refractivity contribution < 1.29 is 27.5 Å². The van der Waals surface area contributed by atoms with Crippen LogP contribution < -0.4 is 0 Å². The minimum absolute atomic E-state index is 0.0251. The van der Waals surface area contributed by atoms with E-state index < -0.39 is 30.1 Å². The number of rotatable bonds is 5. The smallest absolute Gasteiger partial charge is 0.416 e. The summed E-state index contributed by atoms with van der Waals surface area (Å²) in [4.78, 5) is 32.4. The first-order chi connectivity index (χ1) is 14.1. The van der Waals surface area contributed by atoms with Crippen molar-refractivity contribution in [3.8, 4) is 5.69 Å². The van der Waals surface area contributed by atoms with Crippen LogP contribution in [0, 0.1) is 20.8 Å². The van der Waals surface area contributed by atoms with Crippen LogP contribution in [0.2, 0.25) is 0 Å². The maximum atomic E-state index is 13.0. The van der Waals surface area contributed by atoms with Gasteiger partial charge in [-0.15, -0.1) is 0 Å². The van der Waals surface area contributed by atoms with Crippen molar-refractivity contribution in [1.82, 2.24) is 14.5 Å². The Balaban J connectivity index is 1.80. The normalized spacial score (nSPS) is 11.4. The van der Waals surface area contributed by atoms with Gasteiger partial charge in [-0.05, 0) is 45.0 Å². The number of alkyl halides is 3. The van der Waals surface area contributed by atoms with Crippen LogP contribution in [-0.4, -0.2) is 32.9 Å². The quantitative estimate of drug-likeness (QED) is 0.458. The molecule has 0 atom stereocenters. The van der Waals surface area contributed by atoms with Crippen LogP contribution in [0.25, 0.3) is 5.69 Å². The molecule has 2 heterocycles. The summed E-state index contributed by atoms with van der Waals surface area (Å²) in [5.41, 5.74) is 1.38. The molecular formula is C21H18F3N3O3. The van der Waals surface area contributed by atoms with E-state index >= 15 is 0 Å². The number of benzene rings is 1. The van der Waals surface area contributed by atoms with Crippen LogP contribution in [0.15, 0.2) is 42.7 Å². The number of nitrogens with zero attached hydrogens (tertiary/aromatic N) is 3. The Morgan fingerprint density at radius 1 is 1.07 bits per heavy atom. The van der Waals surface area contributed by atoms with Gasteiger partial charge in [0.15, 0.2) is 12.3 Å². The summed E-state index contributed by atoms with van der Waals surface area (Å²) in [6.07, 6.45) is -1.82. The van der Waals surface area contributed by atoms with E-state index in [1.807, 2.05) is 0 Å².